The van der Waals surface area contributed by atoms with E-state index in [1.807, 2.05) is 0 Å². The molecule has 0 saturated heterocycles. The Bertz CT molecular complexity index is 589. The van der Waals surface area contributed by atoms with Crippen LogP contribution in [0.1, 0.15) is 15.9 Å². The summed E-state index contributed by atoms with van der Waals surface area (Å²) in [6.07, 6.45) is 1.61. The number of esters is 1. The first-order valence-corrected chi connectivity index (χ1v) is 5.00. The van der Waals surface area contributed by atoms with E-state index in [0.717, 1.165) is 10.9 Å². The Morgan fingerprint density at radius 3 is 2.94 bits per heavy atom. The molecule has 6 nitrogen and oxygen atoms in total. The predicted molar refractivity (Wildman–Crippen MR) is 61.6 cm³/mol. The molecule has 0 radical (unpaired) electrons. The van der Waals surface area contributed by atoms with Crippen molar-refractivity contribution in [3.63, 3.8) is 0 Å². The molecule has 0 fully saturated rings. The van der Waals surface area contributed by atoms with Gasteiger partial charge in [0.15, 0.2) is 0 Å². The Morgan fingerprint density at radius 2 is 2.29 bits per heavy atom. The van der Waals surface area contributed by atoms with Crippen LogP contribution in [-0.2, 0) is 18.3 Å². The van der Waals surface area contributed by atoms with Gasteiger partial charge in [-0.05, 0) is 11.6 Å². The first kappa shape index (κ1) is 11.3. The fourth-order valence-electron chi connectivity index (χ4n) is 1.83. The lowest BCUT2D eigenvalue weighted by molar-refractivity contribution is 0.0602. The van der Waals surface area contributed by atoms with E-state index < -0.39 is 5.97 Å². The topological polar surface area (TPSA) is 73.6 Å². The van der Waals surface area contributed by atoms with Gasteiger partial charge in [0.05, 0.1) is 24.4 Å². The maximum atomic E-state index is 11.6. The maximum Gasteiger partial charge on any atom is 0.340 e. The molecule has 0 saturated carbocycles. The highest BCUT2D eigenvalue weighted by Crippen LogP contribution is 2.23. The van der Waals surface area contributed by atoms with Gasteiger partial charge in [-0.15, -0.1) is 0 Å². The van der Waals surface area contributed by atoms with Crippen LogP contribution < -0.4 is 0 Å². The van der Waals surface area contributed by atoms with Crippen molar-refractivity contribution in [2.45, 2.75) is 6.54 Å². The number of nitrogens with zero attached hydrogens (tertiary/aromatic N) is 3. The van der Waals surface area contributed by atoms with Crippen LogP contribution in [0.5, 0.6) is 0 Å². The SMILES string of the molecule is COC(=O)c1ccc(CN=O)c2cnn(C)c12. The van der Waals surface area contributed by atoms with E-state index in [4.69, 9.17) is 4.74 Å². The highest BCUT2D eigenvalue weighted by Gasteiger charge is 2.16. The van der Waals surface area contributed by atoms with Gasteiger partial charge in [-0.25, -0.2) is 4.79 Å². The van der Waals surface area contributed by atoms with Crippen molar-refractivity contribution in [1.82, 2.24) is 9.78 Å². The third kappa shape index (κ3) is 1.77. The van der Waals surface area contributed by atoms with Crippen molar-refractivity contribution in [1.29, 1.82) is 0 Å². The molecule has 0 aliphatic carbocycles. The number of aromatic nitrogens is 2. The Balaban J connectivity index is 2.72. The van der Waals surface area contributed by atoms with Crippen molar-refractivity contribution in [3.8, 4) is 0 Å². The summed E-state index contributed by atoms with van der Waals surface area (Å²) in [5, 5.41) is 7.68. The molecular weight excluding hydrogens is 222 g/mol. The zero-order chi connectivity index (χ0) is 12.4. The number of carbonyl (C=O) groups is 1. The summed E-state index contributed by atoms with van der Waals surface area (Å²) in [6.45, 7) is 0.0592. The minimum atomic E-state index is -0.427. The molecule has 0 N–H and O–H groups in total. The molecule has 0 atom stereocenters. The van der Waals surface area contributed by atoms with Crippen LogP contribution in [0.15, 0.2) is 23.5 Å². The second kappa shape index (κ2) is 4.32. The van der Waals surface area contributed by atoms with E-state index in [9.17, 15) is 9.70 Å². The van der Waals surface area contributed by atoms with Gasteiger partial charge in [0, 0.05) is 12.4 Å². The largest absolute Gasteiger partial charge is 0.465 e. The van der Waals surface area contributed by atoms with Gasteiger partial charge < -0.3 is 4.74 Å². The number of rotatable bonds is 3. The Labute approximate surface area is 97.1 Å². The lowest BCUT2D eigenvalue weighted by Crippen LogP contribution is -2.05. The van der Waals surface area contributed by atoms with E-state index in [0.29, 0.717) is 11.1 Å². The summed E-state index contributed by atoms with van der Waals surface area (Å²) in [7, 11) is 3.05. The number of fused-ring (bicyclic) bond motifs is 1. The molecule has 2 aromatic rings. The quantitative estimate of drug-likeness (QED) is 0.596. The van der Waals surface area contributed by atoms with E-state index in [2.05, 4.69) is 10.3 Å². The first-order valence-electron chi connectivity index (χ1n) is 5.00. The molecular formula is C11H11N3O3. The van der Waals surface area contributed by atoms with Crippen LogP contribution in [0.3, 0.4) is 0 Å². The summed E-state index contributed by atoms with van der Waals surface area (Å²) in [5.74, 6) is -0.427. The monoisotopic (exact) mass is 233 g/mol. The summed E-state index contributed by atoms with van der Waals surface area (Å²) >= 11 is 0. The Kier molecular flexibility index (Phi) is 2.86. The lowest BCUT2D eigenvalue weighted by atomic mass is 10.1. The summed E-state index contributed by atoms with van der Waals surface area (Å²) in [5.41, 5.74) is 1.82. The Morgan fingerprint density at radius 1 is 1.53 bits per heavy atom. The average Bonchev–Trinajstić information content (AvgIpc) is 2.72. The molecule has 6 heteroatoms. The minimum absolute atomic E-state index is 0.0592. The zero-order valence-corrected chi connectivity index (χ0v) is 9.51. The highest BCUT2D eigenvalue weighted by molar-refractivity contribution is 6.03. The minimum Gasteiger partial charge on any atom is -0.465 e. The summed E-state index contributed by atoms with van der Waals surface area (Å²) < 4.78 is 6.28. The first-order chi connectivity index (χ1) is 8.19. The van der Waals surface area contributed by atoms with Crippen LogP contribution in [-0.4, -0.2) is 22.9 Å². The summed E-state index contributed by atoms with van der Waals surface area (Å²) in [4.78, 5) is 21.9. The van der Waals surface area contributed by atoms with Gasteiger partial charge in [0.2, 0.25) is 0 Å². The molecule has 1 aromatic heterocycles. The van der Waals surface area contributed by atoms with Crippen LogP contribution in [0.2, 0.25) is 0 Å². The van der Waals surface area contributed by atoms with Crippen molar-refractivity contribution in [2.24, 2.45) is 12.2 Å². The average molecular weight is 233 g/mol. The van der Waals surface area contributed by atoms with Gasteiger partial charge in [-0.1, -0.05) is 11.2 Å². The number of nitroso groups, excluding NO2 is 1. The molecule has 1 heterocycles. The van der Waals surface area contributed by atoms with Crippen LogP contribution in [0, 0.1) is 4.91 Å². The molecule has 88 valence electrons. The van der Waals surface area contributed by atoms with Gasteiger partial charge in [0.1, 0.15) is 6.54 Å². The van der Waals surface area contributed by atoms with E-state index >= 15 is 0 Å². The zero-order valence-electron chi connectivity index (χ0n) is 9.51. The molecule has 2 rings (SSSR count). The second-order valence-corrected chi connectivity index (χ2v) is 3.58. The number of hydrogen-bond donors (Lipinski definition) is 0. The smallest absolute Gasteiger partial charge is 0.340 e. The second-order valence-electron chi connectivity index (χ2n) is 3.58. The van der Waals surface area contributed by atoms with Gasteiger partial charge in [0.25, 0.3) is 0 Å². The number of benzene rings is 1. The molecule has 0 aliphatic heterocycles. The van der Waals surface area contributed by atoms with Crippen LogP contribution in [0.4, 0.5) is 0 Å². The highest BCUT2D eigenvalue weighted by atomic mass is 16.5. The standard InChI is InChI=1S/C11H11N3O3/c1-14-10-8(11(15)17-2)4-3-7(5-13-16)9(10)6-12-14/h3-4,6H,5H2,1-2H3. The molecule has 0 amide bonds. The molecule has 17 heavy (non-hydrogen) atoms. The van der Waals surface area contributed by atoms with Gasteiger partial charge in [-0.3, -0.25) is 4.68 Å². The molecule has 1 aromatic carbocycles. The fraction of sp³-hybridized carbons (Fsp3) is 0.273. The predicted octanol–water partition coefficient (Wildman–Crippen LogP) is 1.63. The number of hydrogen-bond acceptors (Lipinski definition) is 5. The number of aryl methyl sites for hydroxylation is 1. The lowest BCUT2D eigenvalue weighted by Gasteiger charge is -2.05. The molecule has 0 spiro atoms. The van der Waals surface area contributed by atoms with Gasteiger partial charge >= 0.3 is 5.97 Å². The number of ether oxygens (including phenoxy) is 1. The van der Waals surface area contributed by atoms with Crippen molar-refractivity contribution in [3.05, 3.63) is 34.4 Å². The van der Waals surface area contributed by atoms with Crippen LogP contribution >= 0.6 is 0 Å². The molecule has 0 unspecified atom stereocenters. The molecule has 0 bridgehead atoms. The fourth-order valence-corrected chi connectivity index (χ4v) is 1.83. The third-order valence-corrected chi connectivity index (χ3v) is 2.63. The third-order valence-electron chi connectivity index (χ3n) is 2.63. The summed E-state index contributed by atoms with van der Waals surface area (Å²) in [6, 6.07) is 3.31. The maximum absolute atomic E-state index is 11.6. The Hall–Kier alpha value is -2.24. The van der Waals surface area contributed by atoms with Crippen LogP contribution in [0.25, 0.3) is 10.9 Å². The normalized spacial score (nSPS) is 10.5. The van der Waals surface area contributed by atoms with Crippen molar-refractivity contribution >= 4 is 16.9 Å². The molecule has 0 aliphatic rings. The van der Waals surface area contributed by atoms with Gasteiger partial charge in [-0.2, -0.15) is 10.0 Å². The van der Waals surface area contributed by atoms with E-state index in [-0.39, 0.29) is 6.54 Å². The van der Waals surface area contributed by atoms with Crippen molar-refractivity contribution < 1.29 is 9.53 Å². The number of carbonyl (C=O) groups excluding carboxylic acids is 1. The van der Waals surface area contributed by atoms with E-state index in [1.165, 1.54) is 7.11 Å². The van der Waals surface area contributed by atoms with Crippen molar-refractivity contribution in [2.75, 3.05) is 7.11 Å². The van der Waals surface area contributed by atoms with E-state index in [1.54, 1.807) is 30.1 Å². The number of methoxy groups -OCH3 is 1.